The van der Waals surface area contributed by atoms with E-state index >= 15 is 0 Å². The van der Waals surface area contributed by atoms with Crippen LogP contribution in [0.1, 0.15) is 11.6 Å². The van der Waals surface area contributed by atoms with Gasteiger partial charge in [0.05, 0.1) is 12.6 Å². The van der Waals surface area contributed by atoms with Crippen LogP contribution >= 0.6 is 31.9 Å². The molecule has 2 aromatic rings. The summed E-state index contributed by atoms with van der Waals surface area (Å²) in [5, 5.41) is 3.50. The Bertz CT molecular complexity index is 531. The largest absolute Gasteiger partial charge is 0.382 e. The van der Waals surface area contributed by atoms with Gasteiger partial charge in [-0.15, -0.1) is 0 Å². The molecule has 4 heteroatoms. The van der Waals surface area contributed by atoms with Crippen LogP contribution < -0.4 is 5.32 Å². The minimum atomic E-state index is 0.128. The molecule has 0 aliphatic heterocycles. The van der Waals surface area contributed by atoms with Gasteiger partial charge in [-0.25, -0.2) is 0 Å². The molecular weight excluding hydrogens is 370 g/mol. The van der Waals surface area contributed by atoms with E-state index in [1.165, 1.54) is 5.56 Å². The van der Waals surface area contributed by atoms with Crippen molar-refractivity contribution in [3.63, 3.8) is 0 Å². The maximum absolute atomic E-state index is 5.31. The molecule has 19 heavy (non-hydrogen) atoms. The minimum absolute atomic E-state index is 0.128. The number of methoxy groups -OCH3 is 1. The van der Waals surface area contributed by atoms with Crippen molar-refractivity contribution in [1.82, 2.24) is 0 Å². The molecule has 0 aromatic heterocycles. The maximum atomic E-state index is 5.31. The average Bonchev–Trinajstić information content (AvgIpc) is 2.42. The van der Waals surface area contributed by atoms with Gasteiger partial charge in [0.25, 0.3) is 0 Å². The van der Waals surface area contributed by atoms with Gasteiger partial charge in [-0.3, -0.25) is 0 Å². The summed E-state index contributed by atoms with van der Waals surface area (Å²) in [6.07, 6.45) is 0. The lowest BCUT2D eigenvalue weighted by Crippen LogP contribution is -2.16. The highest BCUT2D eigenvalue weighted by atomic mass is 79.9. The molecule has 0 spiro atoms. The first-order valence-corrected chi connectivity index (χ1v) is 7.55. The maximum Gasteiger partial charge on any atom is 0.0747 e. The van der Waals surface area contributed by atoms with Crippen molar-refractivity contribution in [2.75, 3.05) is 19.0 Å². The van der Waals surface area contributed by atoms with Gasteiger partial charge in [0.1, 0.15) is 0 Å². The molecule has 0 radical (unpaired) electrons. The lowest BCUT2D eigenvalue weighted by Gasteiger charge is -2.20. The first-order valence-electron chi connectivity index (χ1n) is 5.96. The molecule has 0 bridgehead atoms. The van der Waals surface area contributed by atoms with E-state index in [9.17, 15) is 0 Å². The molecule has 0 amide bonds. The number of halogens is 2. The van der Waals surface area contributed by atoms with Crippen molar-refractivity contribution in [3.8, 4) is 0 Å². The molecule has 100 valence electrons. The average molecular weight is 385 g/mol. The lowest BCUT2D eigenvalue weighted by atomic mass is 10.1. The molecule has 2 nitrogen and oxygen atoms in total. The summed E-state index contributed by atoms with van der Waals surface area (Å²) in [6, 6.07) is 16.5. The Hall–Kier alpha value is -0.840. The highest BCUT2D eigenvalue weighted by Crippen LogP contribution is 2.29. The van der Waals surface area contributed by atoms with Crippen molar-refractivity contribution in [2.45, 2.75) is 6.04 Å². The van der Waals surface area contributed by atoms with Gasteiger partial charge in [0.2, 0.25) is 0 Å². The van der Waals surface area contributed by atoms with Gasteiger partial charge in [-0.1, -0.05) is 46.3 Å². The highest BCUT2D eigenvalue weighted by molar-refractivity contribution is 9.11. The summed E-state index contributed by atoms with van der Waals surface area (Å²) in [5.74, 6) is 0. The van der Waals surface area contributed by atoms with Crippen molar-refractivity contribution >= 4 is 37.5 Å². The summed E-state index contributed by atoms with van der Waals surface area (Å²) in [7, 11) is 1.72. The third-order valence-corrected chi connectivity index (χ3v) is 3.95. The number of benzene rings is 2. The number of ether oxygens (including phenoxy) is 1. The Kier molecular flexibility index (Phi) is 5.43. The van der Waals surface area contributed by atoms with Gasteiger partial charge < -0.3 is 10.1 Å². The van der Waals surface area contributed by atoms with E-state index in [-0.39, 0.29) is 6.04 Å². The van der Waals surface area contributed by atoms with Gasteiger partial charge in [-0.2, -0.15) is 0 Å². The van der Waals surface area contributed by atoms with Crippen LogP contribution in [0, 0.1) is 0 Å². The Balaban J connectivity index is 2.21. The second kappa shape index (κ2) is 7.08. The second-order valence-corrected chi connectivity index (χ2v) is 5.96. The Labute approximate surface area is 130 Å². The van der Waals surface area contributed by atoms with E-state index in [1.54, 1.807) is 7.11 Å². The van der Waals surface area contributed by atoms with E-state index < -0.39 is 0 Å². The molecule has 1 N–H and O–H groups in total. The fourth-order valence-electron chi connectivity index (χ4n) is 1.87. The lowest BCUT2D eigenvalue weighted by molar-refractivity contribution is 0.186. The van der Waals surface area contributed by atoms with Crippen LogP contribution in [0.2, 0.25) is 0 Å². The van der Waals surface area contributed by atoms with Crippen LogP contribution in [0.15, 0.2) is 57.5 Å². The third-order valence-electron chi connectivity index (χ3n) is 2.80. The van der Waals surface area contributed by atoms with Crippen molar-refractivity contribution in [3.05, 3.63) is 63.0 Å². The quantitative estimate of drug-likeness (QED) is 0.782. The van der Waals surface area contributed by atoms with Crippen LogP contribution in [0.3, 0.4) is 0 Å². The molecule has 0 saturated carbocycles. The summed E-state index contributed by atoms with van der Waals surface area (Å²) in [6.45, 7) is 0.618. The van der Waals surface area contributed by atoms with Crippen LogP contribution in [0.5, 0.6) is 0 Å². The molecule has 2 aromatic carbocycles. The Morgan fingerprint density at radius 1 is 1.11 bits per heavy atom. The predicted octanol–water partition coefficient (Wildman–Crippen LogP) is 5.01. The van der Waals surface area contributed by atoms with Gasteiger partial charge in [-0.05, 0) is 39.7 Å². The highest BCUT2D eigenvalue weighted by Gasteiger charge is 2.12. The molecule has 1 atom stereocenters. The monoisotopic (exact) mass is 383 g/mol. The summed E-state index contributed by atoms with van der Waals surface area (Å²) < 4.78 is 7.38. The van der Waals surface area contributed by atoms with E-state index in [2.05, 4.69) is 49.3 Å². The molecule has 0 heterocycles. The summed E-state index contributed by atoms with van der Waals surface area (Å²) in [4.78, 5) is 0. The van der Waals surface area contributed by atoms with Gasteiger partial charge >= 0.3 is 0 Å². The zero-order valence-electron chi connectivity index (χ0n) is 10.6. The van der Waals surface area contributed by atoms with Crippen LogP contribution in [-0.4, -0.2) is 13.7 Å². The fourth-order valence-corrected chi connectivity index (χ4v) is 3.03. The zero-order valence-corrected chi connectivity index (χ0v) is 13.7. The minimum Gasteiger partial charge on any atom is -0.382 e. The number of hydrogen-bond acceptors (Lipinski definition) is 2. The molecule has 2 rings (SSSR count). The third kappa shape index (κ3) is 4.06. The number of nitrogens with one attached hydrogen (secondary N) is 1. The molecule has 1 unspecified atom stereocenters. The van der Waals surface area contributed by atoms with Crippen LogP contribution in [0.25, 0.3) is 0 Å². The van der Waals surface area contributed by atoms with Crippen molar-refractivity contribution < 1.29 is 4.74 Å². The predicted molar refractivity (Wildman–Crippen MR) is 86.5 cm³/mol. The van der Waals surface area contributed by atoms with Gasteiger partial charge in [0, 0.05) is 21.7 Å². The number of hydrogen-bond donors (Lipinski definition) is 1. The van der Waals surface area contributed by atoms with Gasteiger partial charge in [0.15, 0.2) is 0 Å². The van der Waals surface area contributed by atoms with E-state index in [1.807, 2.05) is 36.4 Å². The zero-order chi connectivity index (χ0) is 13.7. The fraction of sp³-hybridized carbons (Fsp3) is 0.200. The standard InChI is InChI=1S/C15H15Br2NO/c1-19-10-15(11-5-3-2-4-6-11)18-14-8-7-12(16)9-13(14)17/h2-9,15,18H,10H2,1H3. The molecule has 0 aliphatic rings. The van der Waals surface area contributed by atoms with E-state index in [4.69, 9.17) is 4.74 Å². The van der Waals surface area contributed by atoms with Crippen molar-refractivity contribution in [2.24, 2.45) is 0 Å². The summed E-state index contributed by atoms with van der Waals surface area (Å²) in [5.41, 5.74) is 2.26. The number of anilines is 1. The Morgan fingerprint density at radius 3 is 2.47 bits per heavy atom. The second-order valence-electron chi connectivity index (χ2n) is 4.19. The number of rotatable bonds is 5. The molecule has 0 saturated heterocycles. The van der Waals surface area contributed by atoms with Crippen LogP contribution in [0.4, 0.5) is 5.69 Å². The summed E-state index contributed by atoms with van der Waals surface area (Å²) >= 11 is 7.02. The topological polar surface area (TPSA) is 21.3 Å². The molecule has 0 aliphatic carbocycles. The Morgan fingerprint density at radius 2 is 1.84 bits per heavy atom. The normalized spacial score (nSPS) is 12.2. The van der Waals surface area contributed by atoms with E-state index in [0.29, 0.717) is 6.61 Å². The SMILES string of the molecule is COCC(Nc1ccc(Br)cc1Br)c1ccccc1. The molecule has 0 fully saturated rings. The molecular formula is C15H15Br2NO. The first-order chi connectivity index (χ1) is 9.20. The first kappa shape index (κ1) is 14.6. The van der Waals surface area contributed by atoms with Crippen molar-refractivity contribution in [1.29, 1.82) is 0 Å². The van der Waals surface area contributed by atoms with Crippen LogP contribution in [-0.2, 0) is 4.74 Å². The smallest absolute Gasteiger partial charge is 0.0747 e. The van der Waals surface area contributed by atoms with E-state index in [0.717, 1.165) is 14.6 Å².